The number of nitrogens with one attached hydrogen (secondary N) is 2. The van der Waals surface area contributed by atoms with Gasteiger partial charge >= 0.3 is 5.63 Å². The van der Waals surface area contributed by atoms with E-state index in [4.69, 9.17) is 9.15 Å². The van der Waals surface area contributed by atoms with Crippen molar-refractivity contribution >= 4 is 28.3 Å². The molecule has 0 aliphatic rings. The lowest BCUT2D eigenvalue weighted by atomic mass is 10.1. The minimum atomic E-state index is -0.789. The van der Waals surface area contributed by atoms with Crippen LogP contribution in [0.25, 0.3) is 11.0 Å². The van der Waals surface area contributed by atoms with Gasteiger partial charge in [0, 0.05) is 23.6 Å². The summed E-state index contributed by atoms with van der Waals surface area (Å²) in [5, 5.41) is 11.2. The van der Waals surface area contributed by atoms with E-state index in [1.807, 2.05) is 6.92 Å². The van der Waals surface area contributed by atoms with Gasteiger partial charge in [-0.3, -0.25) is 25.8 Å². The molecule has 1 heterocycles. The fourth-order valence-electron chi connectivity index (χ4n) is 2.42. The molecule has 9 heteroatoms. The Kier molecular flexibility index (Phi) is 5.54. The average Bonchev–Trinajstić information content (AvgIpc) is 2.70. The zero-order valence-electron chi connectivity index (χ0n) is 14.9. The molecule has 3 aromatic rings. The highest BCUT2D eigenvalue weighted by Crippen LogP contribution is 2.21. The van der Waals surface area contributed by atoms with E-state index in [0.29, 0.717) is 29.0 Å². The molecule has 2 N–H and O–H groups in total. The van der Waals surface area contributed by atoms with Gasteiger partial charge in [0.1, 0.15) is 16.9 Å². The molecule has 9 nitrogen and oxygen atoms in total. The summed E-state index contributed by atoms with van der Waals surface area (Å²) in [7, 11) is 0. The number of hydrazine groups is 1. The van der Waals surface area contributed by atoms with E-state index in [9.17, 15) is 19.7 Å². The summed E-state index contributed by atoms with van der Waals surface area (Å²) in [6.07, 6.45) is 0.850. The molecular weight excluding hydrogens is 366 g/mol. The third-order valence-electron chi connectivity index (χ3n) is 3.82. The number of nitro benzene ring substituents is 1. The summed E-state index contributed by atoms with van der Waals surface area (Å²) >= 11 is 0. The van der Waals surface area contributed by atoms with E-state index in [-0.39, 0.29) is 11.3 Å². The number of non-ortho nitro benzene ring substituents is 1. The number of rotatable bonds is 7. The first kappa shape index (κ1) is 18.9. The first-order valence-electron chi connectivity index (χ1n) is 8.49. The summed E-state index contributed by atoms with van der Waals surface area (Å²) < 4.78 is 10.7. The molecule has 144 valence electrons. The number of ether oxygens (including phenoxy) is 1. The van der Waals surface area contributed by atoms with Gasteiger partial charge in [-0.25, -0.2) is 4.79 Å². The Morgan fingerprint density at radius 2 is 1.93 bits per heavy atom. The van der Waals surface area contributed by atoms with Crippen LogP contribution in [0.15, 0.2) is 57.7 Å². The van der Waals surface area contributed by atoms with Gasteiger partial charge in [0.15, 0.2) is 0 Å². The van der Waals surface area contributed by atoms with Crippen LogP contribution >= 0.6 is 0 Å². The van der Waals surface area contributed by atoms with Gasteiger partial charge in [-0.05, 0) is 36.8 Å². The fraction of sp³-hybridized carbons (Fsp3) is 0.158. The molecule has 0 spiro atoms. The summed E-state index contributed by atoms with van der Waals surface area (Å²) in [5.41, 5.74) is 4.66. The average molecular weight is 383 g/mol. The van der Waals surface area contributed by atoms with Gasteiger partial charge in [-0.15, -0.1) is 0 Å². The van der Waals surface area contributed by atoms with E-state index < -0.39 is 16.5 Å². The maximum Gasteiger partial charge on any atom is 0.349 e. The van der Waals surface area contributed by atoms with E-state index in [1.54, 1.807) is 18.2 Å². The van der Waals surface area contributed by atoms with E-state index >= 15 is 0 Å². The maximum absolute atomic E-state index is 12.3. The third kappa shape index (κ3) is 4.26. The largest absolute Gasteiger partial charge is 0.493 e. The Bertz CT molecular complexity index is 1080. The first-order chi connectivity index (χ1) is 13.5. The third-order valence-corrected chi connectivity index (χ3v) is 3.82. The van der Waals surface area contributed by atoms with Crippen molar-refractivity contribution in [3.05, 3.63) is 74.6 Å². The molecule has 0 saturated heterocycles. The number of nitrogens with zero attached hydrogens (tertiary/aromatic N) is 1. The van der Waals surface area contributed by atoms with Crippen molar-refractivity contribution in [1.82, 2.24) is 5.43 Å². The van der Waals surface area contributed by atoms with Crippen molar-refractivity contribution in [3.8, 4) is 5.75 Å². The Hall–Kier alpha value is -3.88. The SMILES string of the molecule is CCCOc1ccc2cc(C(=O)NNc3ccc([N+](=O)[O-])cc3)c(=O)oc2c1. The van der Waals surface area contributed by atoms with Crippen LogP contribution in [0.3, 0.4) is 0 Å². The highest BCUT2D eigenvalue weighted by molar-refractivity contribution is 5.97. The molecule has 28 heavy (non-hydrogen) atoms. The van der Waals surface area contributed by atoms with Gasteiger partial charge in [-0.1, -0.05) is 6.92 Å². The second-order valence-corrected chi connectivity index (χ2v) is 5.88. The number of anilines is 1. The highest BCUT2D eigenvalue weighted by Gasteiger charge is 2.14. The van der Waals surface area contributed by atoms with Crippen LogP contribution in [-0.2, 0) is 0 Å². The predicted molar refractivity (Wildman–Crippen MR) is 102 cm³/mol. The molecular formula is C19H17N3O6. The molecule has 3 rings (SSSR count). The van der Waals surface area contributed by atoms with Crippen LogP contribution in [-0.4, -0.2) is 17.4 Å². The molecule has 0 aliphatic carbocycles. The van der Waals surface area contributed by atoms with E-state index in [1.165, 1.54) is 30.3 Å². The standard InChI is InChI=1S/C19H17N3O6/c1-2-9-27-15-8-3-12-10-16(19(24)28-17(12)11-15)18(23)21-20-13-4-6-14(7-5-13)22(25)26/h3-8,10-11,20H,2,9H2,1H3,(H,21,23). The minimum Gasteiger partial charge on any atom is -0.493 e. The highest BCUT2D eigenvalue weighted by atomic mass is 16.6. The first-order valence-corrected chi connectivity index (χ1v) is 8.49. The Balaban J connectivity index is 1.74. The van der Waals surface area contributed by atoms with Crippen LogP contribution in [0.1, 0.15) is 23.7 Å². The molecule has 1 amide bonds. The molecule has 0 atom stereocenters. The van der Waals surface area contributed by atoms with Crippen molar-refractivity contribution in [2.75, 3.05) is 12.0 Å². The molecule has 0 bridgehead atoms. The summed E-state index contributed by atoms with van der Waals surface area (Å²) in [5.74, 6) is -0.116. The quantitative estimate of drug-likeness (QED) is 0.364. The van der Waals surface area contributed by atoms with Crippen molar-refractivity contribution in [3.63, 3.8) is 0 Å². The molecule has 0 radical (unpaired) electrons. The minimum absolute atomic E-state index is 0.0747. The lowest BCUT2D eigenvalue weighted by Gasteiger charge is -2.09. The van der Waals surface area contributed by atoms with E-state index in [0.717, 1.165) is 6.42 Å². The summed E-state index contributed by atoms with van der Waals surface area (Å²) in [6.45, 7) is 2.53. The Morgan fingerprint density at radius 1 is 1.18 bits per heavy atom. The Labute approximate surface area is 159 Å². The topological polar surface area (TPSA) is 124 Å². The van der Waals surface area contributed by atoms with Crippen LogP contribution in [0.4, 0.5) is 11.4 Å². The molecule has 0 aliphatic heterocycles. The van der Waals surface area contributed by atoms with E-state index in [2.05, 4.69) is 10.9 Å². The van der Waals surface area contributed by atoms with Gasteiger partial charge in [-0.2, -0.15) is 0 Å². The smallest absolute Gasteiger partial charge is 0.349 e. The van der Waals surface area contributed by atoms with Crippen molar-refractivity contribution in [2.45, 2.75) is 13.3 Å². The normalized spacial score (nSPS) is 10.5. The van der Waals surface area contributed by atoms with Crippen LogP contribution < -0.4 is 21.2 Å². The lowest BCUT2D eigenvalue weighted by molar-refractivity contribution is -0.384. The van der Waals surface area contributed by atoms with Crippen LogP contribution in [0.2, 0.25) is 0 Å². The zero-order valence-corrected chi connectivity index (χ0v) is 14.9. The second kappa shape index (κ2) is 8.21. The van der Waals surface area contributed by atoms with Crippen LogP contribution in [0.5, 0.6) is 5.75 Å². The number of carbonyl (C=O) groups excluding carboxylic acids is 1. The second-order valence-electron chi connectivity index (χ2n) is 5.88. The molecule has 1 aromatic heterocycles. The molecule has 0 unspecified atom stereocenters. The molecule has 0 saturated carbocycles. The maximum atomic E-state index is 12.3. The van der Waals surface area contributed by atoms with Gasteiger partial charge in [0.25, 0.3) is 11.6 Å². The predicted octanol–water partition coefficient (Wildman–Crippen LogP) is 3.25. The molecule has 2 aromatic carbocycles. The number of fused-ring (bicyclic) bond motifs is 1. The number of nitro groups is 1. The number of hydrogen-bond acceptors (Lipinski definition) is 7. The van der Waals surface area contributed by atoms with Crippen molar-refractivity contribution in [2.24, 2.45) is 0 Å². The van der Waals surface area contributed by atoms with Gasteiger partial charge in [0.2, 0.25) is 0 Å². The zero-order chi connectivity index (χ0) is 20.1. The fourth-order valence-corrected chi connectivity index (χ4v) is 2.42. The Morgan fingerprint density at radius 3 is 2.61 bits per heavy atom. The number of carbonyl (C=O) groups is 1. The van der Waals surface area contributed by atoms with Crippen molar-refractivity contribution < 1.29 is 18.9 Å². The number of amides is 1. The summed E-state index contributed by atoms with van der Waals surface area (Å²) in [6, 6.07) is 11.9. The van der Waals surface area contributed by atoms with Crippen molar-refractivity contribution in [1.29, 1.82) is 0 Å². The van der Waals surface area contributed by atoms with Gasteiger partial charge < -0.3 is 9.15 Å². The molecule has 0 fully saturated rings. The number of benzene rings is 2. The number of hydrogen-bond donors (Lipinski definition) is 2. The monoisotopic (exact) mass is 383 g/mol. The summed E-state index contributed by atoms with van der Waals surface area (Å²) in [4.78, 5) is 34.6. The van der Waals surface area contributed by atoms with Crippen LogP contribution in [0, 0.1) is 10.1 Å². The van der Waals surface area contributed by atoms with Gasteiger partial charge in [0.05, 0.1) is 17.2 Å². The lowest BCUT2D eigenvalue weighted by Crippen LogP contribution is -2.32.